The van der Waals surface area contributed by atoms with E-state index in [2.05, 4.69) is 34.4 Å². The van der Waals surface area contributed by atoms with E-state index in [1.165, 1.54) is 48.6 Å². The van der Waals surface area contributed by atoms with Crippen molar-refractivity contribution in [2.24, 2.45) is 0 Å². The van der Waals surface area contributed by atoms with Gasteiger partial charge in [0.2, 0.25) is 0 Å². The molecule has 3 aromatic rings. The van der Waals surface area contributed by atoms with Gasteiger partial charge in [-0.25, -0.2) is 0 Å². The van der Waals surface area contributed by atoms with Crippen LogP contribution in [0.3, 0.4) is 0 Å². The third-order valence-corrected chi connectivity index (χ3v) is 5.44. The zero-order chi connectivity index (χ0) is 16.7. The minimum Gasteiger partial charge on any atom is -0.364 e. The molecule has 126 valence electrons. The molecular weight excluding hydrogens is 298 g/mol. The molecule has 1 aromatic carbocycles. The highest BCUT2D eigenvalue weighted by Crippen LogP contribution is 2.30. The number of aryl methyl sites for hydroxylation is 1. The van der Waals surface area contributed by atoms with Gasteiger partial charge >= 0.3 is 0 Å². The lowest BCUT2D eigenvalue weighted by Gasteiger charge is -2.33. The van der Waals surface area contributed by atoms with Crippen molar-refractivity contribution in [2.75, 3.05) is 13.1 Å². The summed E-state index contributed by atoms with van der Waals surface area (Å²) in [6.45, 7) is 7.72. The molecule has 0 amide bonds. The minimum absolute atomic E-state index is 0.0822. The maximum atomic E-state index is 12.0. The van der Waals surface area contributed by atoms with Crippen LogP contribution in [-0.4, -0.2) is 33.6 Å². The second kappa shape index (κ2) is 6.10. The van der Waals surface area contributed by atoms with Gasteiger partial charge in [0, 0.05) is 41.3 Å². The summed E-state index contributed by atoms with van der Waals surface area (Å²) in [5.41, 5.74) is 3.52. The lowest BCUT2D eigenvalue weighted by molar-refractivity contribution is 0.161. The van der Waals surface area contributed by atoms with Gasteiger partial charge in [-0.05, 0) is 58.0 Å². The zero-order valence-electron chi connectivity index (χ0n) is 14.5. The lowest BCUT2D eigenvalue weighted by atomic mass is 10.1. The van der Waals surface area contributed by atoms with Crippen molar-refractivity contribution in [2.45, 2.75) is 45.7 Å². The number of pyridine rings is 1. The Morgan fingerprint density at radius 2 is 1.92 bits per heavy atom. The highest BCUT2D eigenvalue weighted by molar-refractivity contribution is 6.08. The Morgan fingerprint density at radius 3 is 2.71 bits per heavy atom. The highest BCUT2D eigenvalue weighted by atomic mass is 16.1. The fraction of sp³-hybridized carbons (Fsp3) is 0.450. The Bertz CT molecular complexity index is 931. The molecular formula is C20H25N3O. The van der Waals surface area contributed by atoms with E-state index in [0.29, 0.717) is 6.04 Å². The number of piperidine rings is 1. The number of hydrogen-bond acceptors (Lipinski definition) is 2. The van der Waals surface area contributed by atoms with Crippen molar-refractivity contribution in [1.82, 2.24) is 14.5 Å². The van der Waals surface area contributed by atoms with Gasteiger partial charge in [-0.1, -0.05) is 6.42 Å². The number of rotatable bonds is 3. The number of nitrogens with zero attached hydrogens (tertiary/aromatic N) is 2. The van der Waals surface area contributed by atoms with Crippen molar-refractivity contribution in [3.8, 4) is 0 Å². The Kier molecular flexibility index (Phi) is 3.93. The van der Waals surface area contributed by atoms with Gasteiger partial charge in [0.25, 0.3) is 0 Å². The Hall–Kier alpha value is -2.07. The fourth-order valence-electron chi connectivity index (χ4n) is 4.18. The molecule has 0 saturated carbocycles. The van der Waals surface area contributed by atoms with Gasteiger partial charge in [0.05, 0.1) is 11.0 Å². The molecule has 1 N–H and O–H groups in total. The van der Waals surface area contributed by atoms with Crippen LogP contribution in [0.1, 0.15) is 31.9 Å². The van der Waals surface area contributed by atoms with E-state index < -0.39 is 0 Å². The van der Waals surface area contributed by atoms with Gasteiger partial charge < -0.3 is 9.55 Å². The van der Waals surface area contributed by atoms with Crippen LogP contribution in [0, 0.1) is 6.92 Å². The number of aromatic nitrogens is 2. The van der Waals surface area contributed by atoms with Crippen LogP contribution in [-0.2, 0) is 6.54 Å². The molecule has 0 radical (unpaired) electrons. The average Bonchev–Trinajstić information content (AvgIpc) is 2.90. The fourth-order valence-corrected chi connectivity index (χ4v) is 4.18. The Balaban J connectivity index is 1.85. The van der Waals surface area contributed by atoms with Crippen molar-refractivity contribution >= 4 is 21.8 Å². The third kappa shape index (κ3) is 2.55. The second-order valence-corrected chi connectivity index (χ2v) is 7.10. The number of hydrogen-bond donors (Lipinski definition) is 1. The first-order valence-corrected chi connectivity index (χ1v) is 8.99. The standard InChI is InChI=1S/C20H25N3O/c1-14(22-10-4-3-5-11-22)13-23-19-12-16(24)6-7-17(19)18-8-9-21-15(2)20(18)23/h6-9,12,14,21H,3-5,10-11,13H2,1-2H3. The zero-order valence-corrected chi connectivity index (χ0v) is 14.5. The molecule has 1 unspecified atom stereocenters. The number of likely N-dealkylation sites (tertiary alicyclic amines) is 1. The number of aromatic amines is 1. The van der Waals surface area contributed by atoms with Gasteiger partial charge in [0.15, 0.2) is 5.43 Å². The Labute approximate surface area is 142 Å². The van der Waals surface area contributed by atoms with Crippen LogP contribution in [0.15, 0.2) is 35.3 Å². The van der Waals surface area contributed by atoms with Gasteiger partial charge in [0.1, 0.15) is 0 Å². The summed E-state index contributed by atoms with van der Waals surface area (Å²) in [5, 5.41) is 2.40. The van der Waals surface area contributed by atoms with Crippen LogP contribution in [0.2, 0.25) is 0 Å². The van der Waals surface area contributed by atoms with Gasteiger partial charge in [-0.15, -0.1) is 0 Å². The molecule has 4 heteroatoms. The van der Waals surface area contributed by atoms with E-state index in [0.717, 1.165) is 17.8 Å². The summed E-state index contributed by atoms with van der Waals surface area (Å²) >= 11 is 0. The highest BCUT2D eigenvalue weighted by Gasteiger charge is 2.20. The number of nitrogens with one attached hydrogen (secondary N) is 1. The molecule has 3 heterocycles. The minimum atomic E-state index is 0.0822. The van der Waals surface area contributed by atoms with Crippen LogP contribution in [0.25, 0.3) is 21.8 Å². The largest absolute Gasteiger partial charge is 0.364 e. The molecule has 4 rings (SSSR count). The van der Waals surface area contributed by atoms with E-state index in [4.69, 9.17) is 0 Å². The van der Waals surface area contributed by atoms with Crippen molar-refractivity contribution in [1.29, 1.82) is 0 Å². The predicted octanol–water partition coefficient (Wildman–Crippen LogP) is 3.67. The summed E-state index contributed by atoms with van der Waals surface area (Å²) in [7, 11) is 0. The monoisotopic (exact) mass is 323 g/mol. The third-order valence-electron chi connectivity index (χ3n) is 5.44. The van der Waals surface area contributed by atoms with Gasteiger partial charge in [-0.2, -0.15) is 0 Å². The Morgan fingerprint density at radius 1 is 1.12 bits per heavy atom. The molecule has 1 aliphatic heterocycles. The van der Waals surface area contributed by atoms with E-state index in [9.17, 15) is 4.79 Å². The molecule has 1 saturated heterocycles. The molecule has 1 aliphatic rings. The van der Waals surface area contributed by atoms with Crippen LogP contribution in [0.5, 0.6) is 0 Å². The van der Waals surface area contributed by atoms with E-state index in [-0.39, 0.29) is 5.43 Å². The van der Waals surface area contributed by atoms with E-state index in [1.807, 2.05) is 12.3 Å². The first kappa shape index (κ1) is 15.5. The van der Waals surface area contributed by atoms with Crippen molar-refractivity contribution < 1.29 is 0 Å². The molecule has 4 nitrogen and oxygen atoms in total. The maximum Gasteiger partial charge on any atom is 0.180 e. The summed E-state index contributed by atoms with van der Waals surface area (Å²) < 4.78 is 2.34. The molecule has 1 atom stereocenters. The summed E-state index contributed by atoms with van der Waals surface area (Å²) in [5.74, 6) is 0. The summed E-state index contributed by atoms with van der Waals surface area (Å²) in [6, 6.07) is 8.03. The SMILES string of the molecule is Cc1[nH]ccc2c3ccc(=O)cc3n(CC(C)N3CCCCC3)c12. The molecule has 1 fully saturated rings. The number of fused-ring (bicyclic) bond motifs is 3. The van der Waals surface area contributed by atoms with Crippen LogP contribution in [0.4, 0.5) is 0 Å². The molecule has 0 bridgehead atoms. The van der Waals surface area contributed by atoms with E-state index >= 15 is 0 Å². The first-order chi connectivity index (χ1) is 11.6. The van der Waals surface area contributed by atoms with Crippen LogP contribution < -0.4 is 5.43 Å². The van der Waals surface area contributed by atoms with Crippen LogP contribution >= 0.6 is 0 Å². The molecule has 0 spiro atoms. The van der Waals surface area contributed by atoms with Crippen molar-refractivity contribution in [3.63, 3.8) is 0 Å². The molecule has 2 aromatic heterocycles. The lowest BCUT2D eigenvalue weighted by Crippen LogP contribution is -2.39. The maximum absolute atomic E-state index is 12.0. The number of benzene rings is 1. The predicted molar refractivity (Wildman–Crippen MR) is 99.7 cm³/mol. The summed E-state index contributed by atoms with van der Waals surface area (Å²) in [6.07, 6.45) is 5.94. The molecule has 0 aliphatic carbocycles. The number of H-pyrrole nitrogens is 1. The van der Waals surface area contributed by atoms with Gasteiger partial charge in [-0.3, -0.25) is 9.69 Å². The summed E-state index contributed by atoms with van der Waals surface area (Å²) in [4.78, 5) is 17.9. The average molecular weight is 323 g/mol. The smallest absolute Gasteiger partial charge is 0.180 e. The normalized spacial score (nSPS) is 17.6. The molecule has 24 heavy (non-hydrogen) atoms. The first-order valence-electron chi connectivity index (χ1n) is 8.99. The van der Waals surface area contributed by atoms with Crippen molar-refractivity contribution in [3.05, 3.63) is 46.4 Å². The topological polar surface area (TPSA) is 41.0 Å². The van der Waals surface area contributed by atoms with E-state index in [1.54, 1.807) is 12.1 Å². The quantitative estimate of drug-likeness (QED) is 0.799. The second-order valence-electron chi connectivity index (χ2n) is 7.10.